The average molecular weight is 438 g/mol. The molecule has 0 spiro atoms. The second-order valence-corrected chi connectivity index (χ2v) is 8.67. The first kappa shape index (κ1) is 19.3. The van der Waals surface area contributed by atoms with E-state index in [9.17, 15) is 22.0 Å². The van der Waals surface area contributed by atoms with Crippen LogP contribution in [0.3, 0.4) is 0 Å². The number of nitrogens with zero attached hydrogens (tertiary/aromatic N) is 1. The number of benzene rings is 2. The van der Waals surface area contributed by atoms with Gasteiger partial charge in [-0.1, -0.05) is 0 Å². The maximum atomic E-state index is 12.6. The van der Waals surface area contributed by atoms with Crippen molar-refractivity contribution >= 4 is 32.2 Å². The maximum absolute atomic E-state index is 12.6. The van der Waals surface area contributed by atoms with E-state index < -0.39 is 26.4 Å². The first-order valence-corrected chi connectivity index (χ1v) is 10.6. The smallest absolute Gasteiger partial charge is 0.341 e. The Balaban J connectivity index is 1.48. The third-order valence-corrected chi connectivity index (χ3v) is 6.23. The monoisotopic (exact) mass is 438 g/mol. The quantitative estimate of drug-likeness (QED) is 0.651. The van der Waals surface area contributed by atoms with Crippen molar-refractivity contribution in [2.75, 3.05) is 12.1 Å². The summed E-state index contributed by atoms with van der Waals surface area (Å²) in [6.07, 6.45) is 0. The van der Waals surface area contributed by atoms with Gasteiger partial charge in [0.25, 0.3) is 5.91 Å². The van der Waals surface area contributed by atoms with Gasteiger partial charge in [-0.05, 0) is 42.5 Å². The van der Waals surface area contributed by atoms with Gasteiger partial charge in [0.15, 0.2) is 16.6 Å². The van der Waals surface area contributed by atoms with Crippen LogP contribution in [0.4, 0.5) is 13.9 Å². The zero-order valence-corrected chi connectivity index (χ0v) is 16.1. The number of sulfone groups is 1. The van der Waals surface area contributed by atoms with Crippen LogP contribution >= 0.6 is 11.3 Å². The lowest BCUT2D eigenvalue weighted by Gasteiger charge is -2.05. The SMILES string of the molecule is O=C(Nc1nc(-c2ccc3c(c2)OCO3)cs1)c1ccc(S(=O)(=O)C(F)F)cc1. The van der Waals surface area contributed by atoms with E-state index in [0.29, 0.717) is 22.3 Å². The largest absolute Gasteiger partial charge is 0.454 e. The van der Waals surface area contributed by atoms with Crippen molar-refractivity contribution in [2.24, 2.45) is 0 Å². The summed E-state index contributed by atoms with van der Waals surface area (Å²) < 4.78 is 58.6. The van der Waals surface area contributed by atoms with Crippen molar-refractivity contribution in [3.05, 3.63) is 53.4 Å². The number of hydrogen-bond donors (Lipinski definition) is 1. The van der Waals surface area contributed by atoms with Crippen LogP contribution in [0.5, 0.6) is 11.5 Å². The number of nitrogens with one attached hydrogen (secondary N) is 1. The number of fused-ring (bicyclic) bond motifs is 1. The zero-order valence-electron chi connectivity index (χ0n) is 14.5. The minimum atomic E-state index is -4.70. The molecule has 0 saturated carbocycles. The second kappa shape index (κ2) is 7.41. The predicted molar refractivity (Wildman–Crippen MR) is 101 cm³/mol. The van der Waals surface area contributed by atoms with Gasteiger partial charge in [-0.2, -0.15) is 8.78 Å². The van der Waals surface area contributed by atoms with Gasteiger partial charge in [-0.15, -0.1) is 11.3 Å². The molecule has 0 saturated heterocycles. The second-order valence-electron chi connectivity index (χ2n) is 5.89. The molecule has 1 N–H and O–H groups in total. The van der Waals surface area contributed by atoms with E-state index in [1.165, 1.54) is 11.3 Å². The molecule has 2 heterocycles. The van der Waals surface area contributed by atoms with Gasteiger partial charge in [-0.3, -0.25) is 10.1 Å². The molecule has 150 valence electrons. The molecule has 1 aromatic heterocycles. The highest BCUT2D eigenvalue weighted by molar-refractivity contribution is 7.91. The van der Waals surface area contributed by atoms with Crippen molar-refractivity contribution in [2.45, 2.75) is 10.7 Å². The first-order valence-electron chi connectivity index (χ1n) is 8.13. The van der Waals surface area contributed by atoms with Crippen LogP contribution in [0.1, 0.15) is 10.4 Å². The molecule has 0 fully saturated rings. The summed E-state index contributed by atoms with van der Waals surface area (Å²) in [6.45, 7) is 0.161. The molecule has 3 aromatic rings. The van der Waals surface area contributed by atoms with E-state index in [4.69, 9.17) is 9.47 Å². The minimum Gasteiger partial charge on any atom is -0.454 e. The van der Waals surface area contributed by atoms with Gasteiger partial charge in [0.05, 0.1) is 10.6 Å². The topological polar surface area (TPSA) is 94.6 Å². The molecule has 1 aliphatic rings. The fourth-order valence-corrected chi connectivity index (χ4v) is 4.02. The highest BCUT2D eigenvalue weighted by atomic mass is 32.2. The first-order chi connectivity index (χ1) is 13.8. The Labute approximate surface area is 167 Å². The number of halogens is 2. The van der Waals surface area contributed by atoms with E-state index in [1.807, 2.05) is 6.07 Å². The fourth-order valence-electron chi connectivity index (χ4n) is 2.59. The van der Waals surface area contributed by atoms with Crippen molar-refractivity contribution in [3.8, 4) is 22.8 Å². The molecule has 0 radical (unpaired) electrons. The molecular formula is C18H12F2N2O5S2. The van der Waals surface area contributed by atoms with Crippen LogP contribution < -0.4 is 14.8 Å². The van der Waals surface area contributed by atoms with Crippen molar-refractivity contribution in [1.29, 1.82) is 0 Å². The standard InChI is InChI=1S/C18H12F2N2O5S2/c19-17(20)29(24,25)12-4-1-10(2-5-12)16(23)22-18-21-13(8-28-18)11-3-6-14-15(7-11)27-9-26-14/h1-8,17H,9H2,(H,21,22,23). The summed E-state index contributed by atoms with van der Waals surface area (Å²) in [7, 11) is -4.70. The van der Waals surface area contributed by atoms with E-state index >= 15 is 0 Å². The number of alkyl halides is 2. The van der Waals surface area contributed by atoms with Gasteiger partial charge < -0.3 is 9.47 Å². The molecule has 0 unspecified atom stereocenters. The Bertz CT molecular complexity index is 1180. The van der Waals surface area contributed by atoms with Crippen molar-refractivity contribution in [3.63, 3.8) is 0 Å². The number of anilines is 1. The lowest BCUT2D eigenvalue weighted by Crippen LogP contribution is -2.14. The van der Waals surface area contributed by atoms with Gasteiger partial charge in [0.1, 0.15) is 0 Å². The van der Waals surface area contributed by atoms with Crippen LogP contribution in [0.25, 0.3) is 11.3 Å². The molecule has 0 atom stereocenters. The molecule has 11 heteroatoms. The molecule has 1 amide bonds. The number of amides is 1. The van der Waals surface area contributed by atoms with Crippen LogP contribution in [-0.4, -0.2) is 31.9 Å². The Morgan fingerprint density at radius 3 is 2.55 bits per heavy atom. The third-order valence-electron chi connectivity index (χ3n) is 4.07. The summed E-state index contributed by atoms with van der Waals surface area (Å²) in [6, 6.07) is 9.63. The lowest BCUT2D eigenvalue weighted by atomic mass is 10.1. The molecule has 0 bridgehead atoms. The number of carbonyl (C=O) groups is 1. The normalized spacial score (nSPS) is 12.9. The number of aromatic nitrogens is 1. The number of thiazole rings is 1. The number of ether oxygens (including phenoxy) is 2. The van der Waals surface area contributed by atoms with Crippen LogP contribution in [-0.2, 0) is 9.84 Å². The summed E-state index contributed by atoms with van der Waals surface area (Å²) in [5.41, 5.74) is 1.52. The lowest BCUT2D eigenvalue weighted by molar-refractivity contribution is 0.102. The third kappa shape index (κ3) is 3.78. The summed E-state index contributed by atoms with van der Waals surface area (Å²) in [5, 5.41) is 4.68. The van der Waals surface area contributed by atoms with E-state index in [2.05, 4.69) is 10.3 Å². The molecule has 1 aliphatic heterocycles. The molecule has 2 aromatic carbocycles. The molecular weight excluding hydrogens is 426 g/mol. The Hall–Kier alpha value is -3.05. The zero-order chi connectivity index (χ0) is 20.6. The van der Waals surface area contributed by atoms with Gasteiger partial charge in [-0.25, -0.2) is 13.4 Å². The van der Waals surface area contributed by atoms with Gasteiger partial charge >= 0.3 is 5.76 Å². The summed E-state index contributed by atoms with van der Waals surface area (Å²) in [5.74, 6) is -2.81. The Kier molecular flexibility index (Phi) is 4.92. The van der Waals surface area contributed by atoms with Crippen molar-refractivity contribution in [1.82, 2.24) is 4.98 Å². The number of carbonyl (C=O) groups excluding carboxylic acids is 1. The van der Waals surface area contributed by atoms with E-state index in [1.54, 1.807) is 17.5 Å². The summed E-state index contributed by atoms with van der Waals surface area (Å²) in [4.78, 5) is 16.1. The van der Waals surface area contributed by atoms with Crippen LogP contribution in [0.15, 0.2) is 52.7 Å². The fraction of sp³-hybridized carbons (Fsp3) is 0.111. The Morgan fingerprint density at radius 1 is 1.10 bits per heavy atom. The molecule has 4 rings (SSSR count). The minimum absolute atomic E-state index is 0.109. The Morgan fingerprint density at radius 2 is 1.83 bits per heavy atom. The van der Waals surface area contributed by atoms with Gasteiger partial charge in [0, 0.05) is 16.5 Å². The van der Waals surface area contributed by atoms with Crippen LogP contribution in [0.2, 0.25) is 0 Å². The van der Waals surface area contributed by atoms with E-state index in [0.717, 1.165) is 29.8 Å². The summed E-state index contributed by atoms with van der Waals surface area (Å²) >= 11 is 1.20. The highest BCUT2D eigenvalue weighted by Gasteiger charge is 2.26. The van der Waals surface area contributed by atoms with Gasteiger partial charge in [0.2, 0.25) is 16.6 Å². The highest BCUT2D eigenvalue weighted by Crippen LogP contribution is 2.36. The number of hydrogen-bond acceptors (Lipinski definition) is 7. The van der Waals surface area contributed by atoms with Crippen molar-refractivity contribution < 1.29 is 31.5 Å². The van der Waals surface area contributed by atoms with E-state index in [-0.39, 0.29) is 12.4 Å². The molecule has 0 aliphatic carbocycles. The van der Waals surface area contributed by atoms with Crippen LogP contribution in [0, 0.1) is 0 Å². The maximum Gasteiger partial charge on any atom is 0.341 e. The molecule has 7 nitrogen and oxygen atoms in total. The predicted octanol–water partition coefficient (Wildman–Crippen LogP) is 3.79. The molecule has 29 heavy (non-hydrogen) atoms. The average Bonchev–Trinajstić information content (AvgIpc) is 3.36. The number of rotatable bonds is 5.